The molecule has 23 heavy (non-hydrogen) atoms. The molecule has 3 N–H and O–H groups in total. The second-order valence-electron chi connectivity index (χ2n) is 6.78. The highest BCUT2D eigenvalue weighted by Crippen LogP contribution is 2.44. The highest BCUT2D eigenvalue weighted by molar-refractivity contribution is 7.80. The molecule has 6 heteroatoms. The first-order valence-electron chi connectivity index (χ1n) is 8.17. The summed E-state index contributed by atoms with van der Waals surface area (Å²) in [4.78, 5) is 14.2. The van der Waals surface area contributed by atoms with Crippen molar-refractivity contribution in [2.24, 2.45) is 11.8 Å². The first-order chi connectivity index (χ1) is 11.0. The van der Waals surface area contributed by atoms with Crippen LogP contribution in [0.3, 0.4) is 0 Å². The van der Waals surface area contributed by atoms with Gasteiger partial charge in [0.15, 0.2) is 5.11 Å². The van der Waals surface area contributed by atoms with E-state index in [4.69, 9.17) is 12.2 Å². The molecule has 2 aliphatic carbocycles. The third-order valence-corrected chi connectivity index (χ3v) is 5.19. The fourth-order valence-electron chi connectivity index (χ4n) is 3.74. The predicted octanol–water partition coefficient (Wildman–Crippen LogP) is 2.05. The van der Waals surface area contributed by atoms with Crippen molar-refractivity contribution in [3.05, 3.63) is 29.8 Å². The van der Waals surface area contributed by atoms with E-state index in [9.17, 15) is 4.79 Å². The van der Waals surface area contributed by atoms with E-state index in [1.54, 1.807) is 6.07 Å². The third kappa shape index (κ3) is 3.75. The number of nitrogens with zero attached hydrogens (tertiary/aromatic N) is 1. The van der Waals surface area contributed by atoms with Crippen LogP contribution < -0.4 is 21.1 Å². The molecule has 1 aromatic rings. The van der Waals surface area contributed by atoms with Crippen LogP contribution in [0.15, 0.2) is 24.3 Å². The lowest BCUT2D eigenvalue weighted by atomic mass is 9.96. The molecule has 5 nitrogen and oxygen atoms in total. The van der Waals surface area contributed by atoms with Gasteiger partial charge in [0.2, 0.25) is 0 Å². The molecular weight excluding hydrogens is 308 g/mol. The fraction of sp³-hybridized carbons (Fsp3) is 0.529. The van der Waals surface area contributed by atoms with E-state index >= 15 is 0 Å². The van der Waals surface area contributed by atoms with Crippen molar-refractivity contribution in [3.63, 3.8) is 0 Å². The molecule has 2 saturated carbocycles. The normalized spacial score (nSPS) is 25.0. The van der Waals surface area contributed by atoms with E-state index in [0.717, 1.165) is 17.5 Å². The Morgan fingerprint density at radius 1 is 1.22 bits per heavy atom. The van der Waals surface area contributed by atoms with Crippen molar-refractivity contribution in [3.8, 4) is 0 Å². The Kier molecular flexibility index (Phi) is 4.71. The minimum atomic E-state index is -0.189. The van der Waals surface area contributed by atoms with Gasteiger partial charge < -0.3 is 10.2 Å². The molecule has 0 spiro atoms. The Balaban J connectivity index is 1.48. The van der Waals surface area contributed by atoms with Crippen LogP contribution in [-0.4, -0.2) is 31.2 Å². The van der Waals surface area contributed by atoms with Crippen LogP contribution in [0.25, 0.3) is 0 Å². The Morgan fingerprint density at radius 2 is 2.04 bits per heavy atom. The van der Waals surface area contributed by atoms with Crippen molar-refractivity contribution in [2.45, 2.75) is 31.7 Å². The second kappa shape index (κ2) is 6.74. The van der Waals surface area contributed by atoms with Crippen LogP contribution in [-0.2, 0) is 0 Å². The van der Waals surface area contributed by atoms with Gasteiger partial charge in [-0.25, -0.2) is 0 Å². The largest absolute Gasteiger partial charge is 0.378 e. The lowest BCUT2D eigenvalue weighted by Crippen LogP contribution is -2.50. The lowest BCUT2D eigenvalue weighted by Gasteiger charge is -2.24. The van der Waals surface area contributed by atoms with Crippen LogP contribution in [0.2, 0.25) is 0 Å². The molecular formula is C17H24N4OS. The first kappa shape index (κ1) is 16.1. The zero-order valence-corrected chi connectivity index (χ0v) is 14.5. The monoisotopic (exact) mass is 332 g/mol. The molecule has 1 amide bonds. The maximum atomic E-state index is 12.2. The van der Waals surface area contributed by atoms with Crippen LogP contribution in [0.5, 0.6) is 0 Å². The Bertz CT molecular complexity index is 604. The number of rotatable bonds is 3. The first-order valence-corrected chi connectivity index (χ1v) is 8.58. The number of hydrazine groups is 1. The van der Waals surface area contributed by atoms with E-state index < -0.39 is 0 Å². The fourth-order valence-corrected chi connectivity index (χ4v) is 3.94. The van der Waals surface area contributed by atoms with Gasteiger partial charge in [-0.3, -0.25) is 15.6 Å². The van der Waals surface area contributed by atoms with Gasteiger partial charge in [-0.15, -0.1) is 0 Å². The molecule has 0 radical (unpaired) electrons. The number of hydrogen-bond donors (Lipinski definition) is 3. The zero-order valence-electron chi connectivity index (χ0n) is 13.6. The summed E-state index contributed by atoms with van der Waals surface area (Å²) in [5, 5.41) is 3.84. The number of thiocarbonyl (C=S) groups is 1. The summed E-state index contributed by atoms with van der Waals surface area (Å²) < 4.78 is 0. The third-order valence-electron chi connectivity index (χ3n) is 4.97. The van der Waals surface area contributed by atoms with Crippen molar-refractivity contribution < 1.29 is 4.79 Å². The van der Waals surface area contributed by atoms with Gasteiger partial charge >= 0.3 is 0 Å². The molecule has 2 fully saturated rings. The number of amides is 1. The Hall–Kier alpha value is -1.82. The average Bonchev–Trinajstić information content (AvgIpc) is 3.15. The zero-order chi connectivity index (χ0) is 16.4. The van der Waals surface area contributed by atoms with Gasteiger partial charge in [0.1, 0.15) is 0 Å². The minimum Gasteiger partial charge on any atom is -0.378 e. The summed E-state index contributed by atoms with van der Waals surface area (Å²) in [6.45, 7) is 0. The van der Waals surface area contributed by atoms with Gasteiger partial charge in [-0.1, -0.05) is 12.5 Å². The summed E-state index contributed by atoms with van der Waals surface area (Å²) in [5.41, 5.74) is 7.08. The maximum Gasteiger partial charge on any atom is 0.269 e. The highest BCUT2D eigenvalue weighted by atomic mass is 32.1. The Labute approximate surface area is 142 Å². The molecule has 2 bridgehead atoms. The topological polar surface area (TPSA) is 56.4 Å². The molecule has 0 saturated heterocycles. The van der Waals surface area contributed by atoms with Crippen LogP contribution in [0.1, 0.15) is 36.0 Å². The van der Waals surface area contributed by atoms with Crippen molar-refractivity contribution in [1.82, 2.24) is 16.2 Å². The van der Waals surface area contributed by atoms with Crippen molar-refractivity contribution >= 4 is 28.9 Å². The van der Waals surface area contributed by atoms with E-state index in [1.165, 1.54) is 25.7 Å². The van der Waals surface area contributed by atoms with E-state index in [0.29, 0.717) is 16.7 Å². The summed E-state index contributed by atoms with van der Waals surface area (Å²) in [6, 6.07) is 7.93. The summed E-state index contributed by atoms with van der Waals surface area (Å²) >= 11 is 5.30. The van der Waals surface area contributed by atoms with E-state index in [1.807, 2.05) is 37.2 Å². The molecule has 0 aromatic heterocycles. The van der Waals surface area contributed by atoms with E-state index in [2.05, 4.69) is 16.2 Å². The van der Waals surface area contributed by atoms with Gasteiger partial charge in [0, 0.05) is 31.4 Å². The number of anilines is 1. The van der Waals surface area contributed by atoms with Gasteiger partial charge in [0.25, 0.3) is 5.91 Å². The Morgan fingerprint density at radius 3 is 2.70 bits per heavy atom. The molecule has 2 aliphatic rings. The van der Waals surface area contributed by atoms with Gasteiger partial charge in [-0.2, -0.15) is 0 Å². The highest BCUT2D eigenvalue weighted by Gasteiger charge is 2.39. The smallest absolute Gasteiger partial charge is 0.269 e. The number of carbonyl (C=O) groups excluding carboxylic acids is 1. The molecule has 124 valence electrons. The van der Waals surface area contributed by atoms with Crippen LogP contribution in [0.4, 0.5) is 5.69 Å². The van der Waals surface area contributed by atoms with Crippen LogP contribution >= 0.6 is 12.2 Å². The number of hydrogen-bond acceptors (Lipinski definition) is 3. The van der Waals surface area contributed by atoms with Crippen LogP contribution in [0, 0.1) is 11.8 Å². The average molecular weight is 332 g/mol. The molecule has 0 unspecified atom stereocenters. The molecule has 1 aromatic carbocycles. The van der Waals surface area contributed by atoms with Gasteiger partial charge in [0.05, 0.1) is 0 Å². The standard InChI is InChI=1S/C17H24N4OS/c1-21(2)14-5-3-4-13(10-14)16(22)19-20-17(23)18-15-9-11-6-7-12(15)8-11/h3-5,10-12,15H,6-9H2,1-2H3,(H,19,22)(H2,18,20,23)/t11-,12-,15-/m0/s1. The number of fused-ring (bicyclic) bond motifs is 2. The van der Waals surface area contributed by atoms with Crippen molar-refractivity contribution in [1.29, 1.82) is 0 Å². The summed E-state index contributed by atoms with van der Waals surface area (Å²) in [5.74, 6) is 1.42. The second-order valence-corrected chi connectivity index (χ2v) is 7.19. The molecule has 3 atom stereocenters. The molecule has 3 rings (SSSR count). The number of benzene rings is 1. The maximum absolute atomic E-state index is 12.2. The number of nitrogens with one attached hydrogen (secondary N) is 3. The summed E-state index contributed by atoms with van der Waals surface area (Å²) in [6.07, 6.45) is 5.19. The minimum absolute atomic E-state index is 0.189. The van der Waals surface area contributed by atoms with Gasteiger partial charge in [-0.05, 0) is 61.5 Å². The van der Waals surface area contributed by atoms with Crippen molar-refractivity contribution in [2.75, 3.05) is 19.0 Å². The quantitative estimate of drug-likeness (QED) is 0.584. The summed E-state index contributed by atoms with van der Waals surface area (Å²) in [7, 11) is 3.90. The predicted molar refractivity (Wildman–Crippen MR) is 96.3 cm³/mol. The molecule has 0 aliphatic heterocycles. The lowest BCUT2D eigenvalue weighted by molar-refractivity contribution is 0.0943. The SMILES string of the molecule is CN(C)c1cccc(C(=O)NNC(=S)N[C@H]2C[C@H]3CC[C@H]2C3)c1. The molecule has 0 heterocycles. The van der Waals surface area contributed by atoms with E-state index in [-0.39, 0.29) is 5.91 Å². The number of carbonyl (C=O) groups is 1.